The van der Waals surface area contributed by atoms with Crippen LogP contribution in [0.15, 0.2) is 54.7 Å². The number of H-pyrrole nitrogens is 1. The summed E-state index contributed by atoms with van der Waals surface area (Å²) < 4.78 is 5.20. The number of aromatic amines is 1. The lowest BCUT2D eigenvalue weighted by atomic mass is 9.99. The van der Waals surface area contributed by atoms with E-state index < -0.39 is 5.97 Å². The Morgan fingerprint density at radius 1 is 1.17 bits per heavy atom. The molecule has 0 aliphatic heterocycles. The van der Waals surface area contributed by atoms with Gasteiger partial charge >= 0.3 is 5.97 Å². The van der Waals surface area contributed by atoms with Gasteiger partial charge in [-0.15, -0.1) is 0 Å². The number of nitrogens with two attached hydrogens (primary N) is 1. The van der Waals surface area contributed by atoms with Gasteiger partial charge in [-0.25, -0.2) is 0 Å². The lowest BCUT2D eigenvalue weighted by molar-refractivity contribution is -0.137. The number of benzene rings is 2. The Bertz CT molecular complexity index is 921. The van der Waals surface area contributed by atoms with Crippen LogP contribution in [0.2, 0.25) is 0 Å². The molecule has 0 radical (unpaired) electrons. The van der Waals surface area contributed by atoms with Crippen LogP contribution in [-0.2, 0) is 17.6 Å². The lowest BCUT2D eigenvalue weighted by Gasteiger charge is -2.24. The number of rotatable bonds is 11. The van der Waals surface area contributed by atoms with E-state index in [1.54, 1.807) is 7.11 Å². The van der Waals surface area contributed by atoms with E-state index in [1.807, 2.05) is 48.7 Å². The Labute approximate surface area is 171 Å². The molecule has 0 bridgehead atoms. The number of carbonyl (C=O) groups is 1. The topological polar surface area (TPSA) is 100 Å². The zero-order valence-electron chi connectivity index (χ0n) is 16.7. The summed E-state index contributed by atoms with van der Waals surface area (Å²) in [5, 5.41) is 14.0. The molecule has 0 fully saturated rings. The summed E-state index contributed by atoms with van der Waals surface area (Å²) in [5.74, 6) is 0.0239. The van der Waals surface area contributed by atoms with E-state index >= 15 is 0 Å². The molecule has 2 aromatic carbocycles. The Kier molecular flexibility index (Phi) is 7.27. The number of methoxy groups -OCH3 is 1. The molecule has 2 atom stereocenters. The van der Waals surface area contributed by atoms with Crippen molar-refractivity contribution in [2.45, 2.75) is 37.8 Å². The number of hydrogen-bond donors (Lipinski definition) is 4. The standard InChI is InChI=1S/C23H29N3O3/c1-29-20-10-7-16(8-11-20)6-9-18(14-24)26-19(13-23(27)28)12-17-15-25-22-5-3-2-4-21(17)22/h2-5,7-8,10-11,15,18-19,25-26H,6,9,12-14,24H2,1H3,(H,27,28)/t18?,19-/m1/s1. The smallest absolute Gasteiger partial charge is 0.304 e. The third kappa shape index (κ3) is 5.82. The van der Waals surface area contributed by atoms with Crippen molar-refractivity contribution in [1.29, 1.82) is 0 Å². The second kappa shape index (κ2) is 10.1. The van der Waals surface area contributed by atoms with Crippen LogP contribution in [0.3, 0.4) is 0 Å². The molecule has 0 saturated carbocycles. The fourth-order valence-corrected chi connectivity index (χ4v) is 3.70. The molecule has 6 nitrogen and oxygen atoms in total. The van der Waals surface area contributed by atoms with Gasteiger partial charge in [0.2, 0.25) is 0 Å². The molecule has 1 unspecified atom stereocenters. The molecule has 5 N–H and O–H groups in total. The second-order valence-electron chi connectivity index (χ2n) is 7.34. The highest BCUT2D eigenvalue weighted by molar-refractivity contribution is 5.83. The second-order valence-corrected chi connectivity index (χ2v) is 7.34. The van der Waals surface area contributed by atoms with Crippen LogP contribution in [0.25, 0.3) is 10.9 Å². The fourth-order valence-electron chi connectivity index (χ4n) is 3.70. The molecule has 0 aliphatic carbocycles. The Morgan fingerprint density at radius 2 is 1.93 bits per heavy atom. The number of aliphatic carboxylic acids is 1. The Morgan fingerprint density at radius 3 is 2.62 bits per heavy atom. The van der Waals surface area contributed by atoms with E-state index in [1.165, 1.54) is 5.56 Å². The molecule has 1 aromatic heterocycles. The summed E-state index contributed by atoms with van der Waals surface area (Å²) in [4.78, 5) is 14.7. The fraction of sp³-hybridized carbons (Fsp3) is 0.348. The van der Waals surface area contributed by atoms with E-state index in [0.717, 1.165) is 35.1 Å². The maximum absolute atomic E-state index is 11.4. The first kappa shape index (κ1) is 20.9. The molecule has 0 saturated heterocycles. The number of aromatic nitrogens is 1. The van der Waals surface area contributed by atoms with Crippen molar-refractivity contribution in [2.24, 2.45) is 5.73 Å². The first-order valence-electron chi connectivity index (χ1n) is 9.95. The van der Waals surface area contributed by atoms with Gasteiger partial charge in [0, 0.05) is 35.7 Å². The van der Waals surface area contributed by atoms with Gasteiger partial charge < -0.3 is 25.9 Å². The van der Waals surface area contributed by atoms with E-state index in [-0.39, 0.29) is 18.5 Å². The third-order valence-electron chi connectivity index (χ3n) is 5.26. The molecule has 0 amide bonds. The molecular weight excluding hydrogens is 366 g/mol. The van der Waals surface area contributed by atoms with Gasteiger partial charge in [0.05, 0.1) is 13.5 Å². The largest absolute Gasteiger partial charge is 0.497 e. The molecule has 154 valence electrons. The van der Waals surface area contributed by atoms with Gasteiger partial charge in [0.25, 0.3) is 0 Å². The monoisotopic (exact) mass is 395 g/mol. The van der Waals surface area contributed by atoms with Gasteiger partial charge in [-0.1, -0.05) is 30.3 Å². The van der Waals surface area contributed by atoms with Crippen LogP contribution in [0.1, 0.15) is 24.0 Å². The number of hydrogen-bond acceptors (Lipinski definition) is 4. The molecule has 3 aromatic rings. The van der Waals surface area contributed by atoms with Crippen molar-refractivity contribution >= 4 is 16.9 Å². The first-order chi connectivity index (χ1) is 14.1. The normalized spacial score (nSPS) is 13.3. The average Bonchev–Trinajstić information content (AvgIpc) is 3.13. The summed E-state index contributed by atoms with van der Waals surface area (Å²) in [6.07, 6.45) is 4.36. The maximum atomic E-state index is 11.4. The van der Waals surface area contributed by atoms with Crippen LogP contribution < -0.4 is 15.8 Å². The highest BCUT2D eigenvalue weighted by Crippen LogP contribution is 2.20. The lowest BCUT2D eigenvalue weighted by Crippen LogP contribution is -2.45. The predicted molar refractivity (Wildman–Crippen MR) is 115 cm³/mol. The zero-order valence-corrected chi connectivity index (χ0v) is 16.7. The summed E-state index contributed by atoms with van der Waals surface area (Å²) in [5.41, 5.74) is 9.37. The molecule has 6 heteroatoms. The van der Waals surface area contributed by atoms with Crippen LogP contribution in [0, 0.1) is 0 Å². The summed E-state index contributed by atoms with van der Waals surface area (Å²) >= 11 is 0. The highest BCUT2D eigenvalue weighted by Gasteiger charge is 2.19. The van der Waals surface area contributed by atoms with Crippen molar-refractivity contribution in [3.05, 3.63) is 65.9 Å². The van der Waals surface area contributed by atoms with E-state index in [2.05, 4.69) is 16.4 Å². The molecular formula is C23H29N3O3. The molecule has 0 aliphatic rings. The minimum Gasteiger partial charge on any atom is -0.497 e. The maximum Gasteiger partial charge on any atom is 0.304 e. The van der Waals surface area contributed by atoms with Crippen LogP contribution in [0.5, 0.6) is 5.75 Å². The number of aryl methyl sites for hydroxylation is 1. The third-order valence-corrected chi connectivity index (χ3v) is 5.26. The van der Waals surface area contributed by atoms with Crippen molar-refractivity contribution in [1.82, 2.24) is 10.3 Å². The first-order valence-corrected chi connectivity index (χ1v) is 9.95. The van der Waals surface area contributed by atoms with Gasteiger partial charge in [-0.05, 0) is 48.6 Å². The number of nitrogens with one attached hydrogen (secondary N) is 2. The van der Waals surface area contributed by atoms with E-state index in [9.17, 15) is 9.90 Å². The van der Waals surface area contributed by atoms with Crippen LogP contribution in [0.4, 0.5) is 0 Å². The highest BCUT2D eigenvalue weighted by atomic mass is 16.5. The van der Waals surface area contributed by atoms with Gasteiger partial charge in [-0.3, -0.25) is 4.79 Å². The van der Waals surface area contributed by atoms with Crippen molar-refractivity contribution in [3.63, 3.8) is 0 Å². The van der Waals surface area contributed by atoms with Crippen LogP contribution >= 0.6 is 0 Å². The zero-order chi connectivity index (χ0) is 20.6. The van der Waals surface area contributed by atoms with Crippen LogP contribution in [-0.4, -0.2) is 41.8 Å². The minimum absolute atomic E-state index is 0.0478. The van der Waals surface area contributed by atoms with Crippen molar-refractivity contribution in [2.75, 3.05) is 13.7 Å². The summed E-state index contributed by atoms with van der Waals surface area (Å²) in [6, 6.07) is 15.9. The van der Waals surface area contributed by atoms with Gasteiger partial charge in [0.1, 0.15) is 5.75 Å². The molecule has 1 heterocycles. The predicted octanol–water partition coefficient (Wildman–Crippen LogP) is 3.11. The number of para-hydroxylation sites is 1. The average molecular weight is 396 g/mol. The number of carboxylic acids is 1. The Hall–Kier alpha value is -2.83. The summed E-state index contributed by atoms with van der Waals surface area (Å²) in [6.45, 7) is 0.458. The Balaban J connectivity index is 1.64. The quantitative estimate of drug-likeness (QED) is 0.400. The molecule has 29 heavy (non-hydrogen) atoms. The van der Waals surface area contributed by atoms with Crippen molar-refractivity contribution < 1.29 is 14.6 Å². The SMILES string of the molecule is COc1ccc(CCC(CN)N[C@@H](CC(=O)O)Cc2c[nH]c3ccccc23)cc1. The molecule has 0 spiro atoms. The van der Waals surface area contributed by atoms with Gasteiger partial charge in [0.15, 0.2) is 0 Å². The number of fused-ring (bicyclic) bond motifs is 1. The van der Waals surface area contributed by atoms with E-state index in [4.69, 9.17) is 10.5 Å². The number of carboxylic acid groups (broad SMARTS) is 1. The summed E-state index contributed by atoms with van der Waals surface area (Å²) in [7, 11) is 1.65. The molecule has 3 rings (SSSR count). The van der Waals surface area contributed by atoms with E-state index in [0.29, 0.717) is 13.0 Å². The van der Waals surface area contributed by atoms with Crippen molar-refractivity contribution in [3.8, 4) is 5.75 Å². The van der Waals surface area contributed by atoms with Gasteiger partial charge in [-0.2, -0.15) is 0 Å². The number of ether oxygens (including phenoxy) is 1. The minimum atomic E-state index is -0.812.